The SMILES string of the molecule is COC(OC)C(C)=Nc1ccc(Cl)cc1. The van der Waals surface area contributed by atoms with Crippen molar-refractivity contribution in [2.45, 2.75) is 13.2 Å². The monoisotopic (exact) mass is 227 g/mol. The molecule has 1 rings (SSSR count). The number of ether oxygens (including phenoxy) is 2. The second-order valence-electron chi connectivity index (χ2n) is 3.03. The lowest BCUT2D eigenvalue weighted by molar-refractivity contribution is -0.0522. The van der Waals surface area contributed by atoms with Crippen molar-refractivity contribution in [2.75, 3.05) is 14.2 Å². The first-order valence-electron chi connectivity index (χ1n) is 4.53. The second kappa shape index (κ2) is 5.85. The van der Waals surface area contributed by atoms with E-state index in [1.807, 2.05) is 19.1 Å². The van der Waals surface area contributed by atoms with E-state index >= 15 is 0 Å². The molecule has 3 nitrogen and oxygen atoms in total. The molecule has 1 aromatic rings. The van der Waals surface area contributed by atoms with Gasteiger partial charge in [-0.15, -0.1) is 0 Å². The molecule has 0 heterocycles. The van der Waals surface area contributed by atoms with Crippen LogP contribution in [0.1, 0.15) is 6.92 Å². The maximum atomic E-state index is 5.77. The van der Waals surface area contributed by atoms with E-state index in [0.29, 0.717) is 5.02 Å². The van der Waals surface area contributed by atoms with Gasteiger partial charge in [-0.1, -0.05) is 11.6 Å². The number of rotatable bonds is 4. The fraction of sp³-hybridized carbons (Fsp3) is 0.364. The zero-order chi connectivity index (χ0) is 11.3. The van der Waals surface area contributed by atoms with Crippen LogP contribution in [-0.2, 0) is 9.47 Å². The molecule has 0 aliphatic heterocycles. The summed E-state index contributed by atoms with van der Waals surface area (Å²) >= 11 is 5.77. The van der Waals surface area contributed by atoms with Crippen LogP contribution in [0.5, 0.6) is 0 Å². The molecule has 4 heteroatoms. The molecule has 0 atom stereocenters. The van der Waals surface area contributed by atoms with Crippen molar-refractivity contribution in [3.8, 4) is 0 Å². The largest absolute Gasteiger partial charge is 0.351 e. The highest BCUT2D eigenvalue weighted by atomic mass is 35.5. The first-order chi connectivity index (χ1) is 7.17. The lowest BCUT2D eigenvalue weighted by atomic mass is 10.3. The first kappa shape index (κ1) is 12.2. The van der Waals surface area contributed by atoms with Gasteiger partial charge in [-0.25, -0.2) is 0 Å². The summed E-state index contributed by atoms with van der Waals surface area (Å²) in [6.07, 6.45) is -0.402. The molecule has 0 aromatic heterocycles. The molecule has 0 unspecified atom stereocenters. The van der Waals surface area contributed by atoms with Crippen LogP contribution < -0.4 is 0 Å². The fourth-order valence-electron chi connectivity index (χ4n) is 1.21. The molecular formula is C11H14ClNO2. The minimum atomic E-state index is -0.402. The van der Waals surface area contributed by atoms with Gasteiger partial charge in [0.05, 0.1) is 11.4 Å². The minimum Gasteiger partial charge on any atom is -0.351 e. The summed E-state index contributed by atoms with van der Waals surface area (Å²) in [5.41, 5.74) is 1.60. The zero-order valence-corrected chi connectivity index (χ0v) is 9.78. The quantitative estimate of drug-likeness (QED) is 0.585. The molecule has 0 bridgehead atoms. The smallest absolute Gasteiger partial charge is 0.196 e. The van der Waals surface area contributed by atoms with Gasteiger partial charge in [-0.3, -0.25) is 4.99 Å². The van der Waals surface area contributed by atoms with E-state index in [9.17, 15) is 0 Å². The Labute approximate surface area is 94.7 Å². The Balaban J connectivity index is 2.81. The number of methoxy groups -OCH3 is 2. The molecule has 0 aliphatic carbocycles. The van der Waals surface area contributed by atoms with Crippen LogP contribution in [0.2, 0.25) is 5.02 Å². The van der Waals surface area contributed by atoms with E-state index in [1.54, 1.807) is 26.4 Å². The molecule has 0 saturated heterocycles. The molecule has 0 fully saturated rings. The number of benzene rings is 1. The zero-order valence-electron chi connectivity index (χ0n) is 9.03. The summed E-state index contributed by atoms with van der Waals surface area (Å²) < 4.78 is 10.2. The lowest BCUT2D eigenvalue weighted by Gasteiger charge is -2.12. The highest BCUT2D eigenvalue weighted by Crippen LogP contribution is 2.17. The van der Waals surface area contributed by atoms with Gasteiger partial charge in [0.15, 0.2) is 6.29 Å². The summed E-state index contributed by atoms with van der Waals surface area (Å²) in [6, 6.07) is 7.27. The van der Waals surface area contributed by atoms with Gasteiger partial charge in [0.1, 0.15) is 0 Å². The van der Waals surface area contributed by atoms with Crippen LogP contribution in [0.4, 0.5) is 5.69 Å². The van der Waals surface area contributed by atoms with Crippen LogP contribution in [0.15, 0.2) is 29.3 Å². The molecule has 82 valence electrons. The molecule has 15 heavy (non-hydrogen) atoms. The fourth-order valence-corrected chi connectivity index (χ4v) is 1.34. The summed E-state index contributed by atoms with van der Waals surface area (Å²) in [7, 11) is 3.16. The van der Waals surface area contributed by atoms with Crippen LogP contribution in [0, 0.1) is 0 Å². The third kappa shape index (κ3) is 3.63. The molecule has 0 N–H and O–H groups in total. The van der Waals surface area contributed by atoms with Crippen LogP contribution in [-0.4, -0.2) is 26.2 Å². The molecule has 0 aliphatic rings. The average Bonchev–Trinajstić information content (AvgIpc) is 2.23. The molecular weight excluding hydrogens is 214 g/mol. The van der Waals surface area contributed by atoms with Crippen molar-refractivity contribution in [2.24, 2.45) is 4.99 Å². The second-order valence-corrected chi connectivity index (χ2v) is 3.47. The summed E-state index contributed by atoms with van der Waals surface area (Å²) in [6.45, 7) is 1.85. The van der Waals surface area contributed by atoms with Gasteiger partial charge in [-0.05, 0) is 31.2 Å². The van der Waals surface area contributed by atoms with Crippen LogP contribution >= 0.6 is 11.6 Å². The standard InChI is InChI=1S/C11H14ClNO2/c1-8(11(14-2)15-3)13-10-6-4-9(12)5-7-10/h4-7,11H,1-3H3. The highest BCUT2D eigenvalue weighted by molar-refractivity contribution is 6.30. The van der Waals surface area contributed by atoms with Crippen molar-refractivity contribution in [3.63, 3.8) is 0 Å². The van der Waals surface area contributed by atoms with E-state index in [2.05, 4.69) is 4.99 Å². The normalized spacial score (nSPS) is 12.2. The van der Waals surface area contributed by atoms with Gasteiger partial charge < -0.3 is 9.47 Å². The maximum absolute atomic E-state index is 5.77. The van der Waals surface area contributed by atoms with E-state index in [1.165, 1.54) is 0 Å². The predicted molar refractivity (Wildman–Crippen MR) is 62.0 cm³/mol. The molecule has 0 radical (unpaired) electrons. The van der Waals surface area contributed by atoms with E-state index in [0.717, 1.165) is 11.4 Å². The van der Waals surface area contributed by atoms with Crippen molar-refractivity contribution < 1.29 is 9.47 Å². The Hall–Kier alpha value is -0.900. The van der Waals surface area contributed by atoms with Crippen molar-refractivity contribution in [3.05, 3.63) is 29.3 Å². The van der Waals surface area contributed by atoms with Crippen molar-refractivity contribution in [1.29, 1.82) is 0 Å². The Bertz CT molecular complexity index is 331. The first-order valence-corrected chi connectivity index (χ1v) is 4.91. The summed E-state index contributed by atoms with van der Waals surface area (Å²) in [5, 5.41) is 0.696. The topological polar surface area (TPSA) is 30.8 Å². The van der Waals surface area contributed by atoms with Crippen molar-refractivity contribution in [1.82, 2.24) is 0 Å². The number of aliphatic imine (C=N–C) groups is 1. The van der Waals surface area contributed by atoms with Gasteiger partial charge in [0.25, 0.3) is 0 Å². The van der Waals surface area contributed by atoms with Crippen molar-refractivity contribution >= 4 is 23.0 Å². The van der Waals surface area contributed by atoms with Crippen LogP contribution in [0.25, 0.3) is 0 Å². The summed E-state index contributed by atoms with van der Waals surface area (Å²) in [4.78, 5) is 4.35. The average molecular weight is 228 g/mol. The van der Waals surface area contributed by atoms with Gasteiger partial charge >= 0.3 is 0 Å². The maximum Gasteiger partial charge on any atom is 0.196 e. The Kier molecular flexibility index (Phi) is 4.75. The third-order valence-corrected chi connectivity index (χ3v) is 2.15. The highest BCUT2D eigenvalue weighted by Gasteiger charge is 2.08. The minimum absolute atomic E-state index is 0.402. The lowest BCUT2D eigenvalue weighted by Crippen LogP contribution is -2.21. The molecule has 1 aromatic carbocycles. The molecule has 0 spiro atoms. The molecule has 0 amide bonds. The third-order valence-electron chi connectivity index (χ3n) is 1.90. The Morgan fingerprint density at radius 2 is 1.73 bits per heavy atom. The molecule has 0 saturated carbocycles. The van der Waals surface area contributed by atoms with Gasteiger partial charge in [0.2, 0.25) is 0 Å². The van der Waals surface area contributed by atoms with E-state index in [-0.39, 0.29) is 0 Å². The van der Waals surface area contributed by atoms with Gasteiger partial charge in [0, 0.05) is 19.2 Å². The number of nitrogens with zero attached hydrogens (tertiary/aromatic N) is 1. The number of halogens is 1. The Morgan fingerprint density at radius 1 is 1.20 bits per heavy atom. The van der Waals surface area contributed by atoms with E-state index < -0.39 is 6.29 Å². The van der Waals surface area contributed by atoms with Gasteiger partial charge in [-0.2, -0.15) is 0 Å². The Morgan fingerprint density at radius 3 is 2.20 bits per heavy atom. The predicted octanol–water partition coefficient (Wildman–Crippen LogP) is 3.05. The number of hydrogen-bond acceptors (Lipinski definition) is 3. The van der Waals surface area contributed by atoms with Crippen LogP contribution in [0.3, 0.4) is 0 Å². The van der Waals surface area contributed by atoms with E-state index in [4.69, 9.17) is 21.1 Å². The summed E-state index contributed by atoms with van der Waals surface area (Å²) in [5.74, 6) is 0. The number of hydrogen-bond donors (Lipinski definition) is 0.